The molecular weight excluding hydrogens is 652 g/mol. The molecule has 1 fully saturated rings. The van der Waals surface area contributed by atoms with Crippen molar-refractivity contribution in [2.24, 2.45) is 0 Å². The van der Waals surface area contributed by atoms with E-state index >= 15 is 0 Å². The summed E-state index contributed by atoms with van der Waals surface area (Å²) in [6.45, 7) is 12.5. The number of piperidine rings is 1. The number of pyridine rings is 1. The number of hydrogen-bond donors (Lipinski definition) is 2. The van der Waals surface area contributed by atoms with Crippen molar-refractivity contribution in [3.63, 3.8) is 0 Å². The van der Waals surface area contributed by atoms with Gasteiger partial charge in [0, 0.05) is 42.3 Å². The number of carbonyl (C=O) groups excluding carboxylic acids is 1. The highest BCUT2D eigenvalue weighted by Gasteiger charge is 2.28. The number of aryl methyl sites for hydroxylation is 2. The second-order valence-electron chi connectivity index (χ2n) is 13.0. The Kier molecular flexibility index (Phi) is 10.6. The maximum atomic E-state index is 12.7. The van der Waals surface area contributed by atoms with E-state index in [0.717, 1.165) is 30.4 Å². The number of aromatic nitrogens is 3. The molecule has 1 aliphatic rings. The summed E-state index contributed by atoms with van der Waals surface area (Å²) < 4.78 is 40.2. The molecule has 5 rings (SSSR count). The Labute approximate surface area is 287 Å². The number of hydrogen-bond acceptors (Lipinski definition) is 9. The number of benzene rings is 2. The molecule has 0 spiro atoms. The van der Waals surface area contributed by atoms with Crippen molar-refractivity contribution >= 4 is 50.1 Å². The van der Waals surface area contributed by atoms with E-state index in [1.165, 1.54) is 0 Å². The van der Waals surface area contributed by atoms with Crippen LogP contribution in [0.1, 0.15) is 65.0 Å². The van der Waals surface area contributed by atoms with Crippen LogP contribution in [0.3, 0.4) is 0 Å². The standard InChI is InChI=1S/C35H43ClN6O5S/c1-7-18-48(44,45)41-30-25-12-11-22(3)31(26(25)13-14-28(30)36)46-32-27(19-23(8-2)20-38-32)29-15-16-37-33(40-29)39-24-10-9-17-42(21-24)34(43)47-35(4,5)6/h11-16,19-20,24,41H,7-10,17-18,21H2,1-6H3,(H,37,39,40)/t24-/m0/s1. The summed E-state index contributed by atoms with van der Waals surface area (Å²) >= 11 is 6.51. The van der Waals surface area contributed by atoms with Crippen LogP contribution in [0.15, 0.2) is 48.8 Å². The van der Waals surface area contributed by atoms with Gasteiger partial charge in [0.25, 0.3) is 0 Å². The van der Waals surface area contributed by atoms with Crippen LogP contribution in [0.25, 0.3) is 22.0 Å². The summed E-state index contributed by atoms with van der Waals surface area (Å²) in [4.78, 5) is 28.4. The van der Waals surface area contributed by atoms with Crippen LogP contribution in [-0.2, 0) is 21.2 Å². The number of anilines is 2. The largest absolute Gasteiger partial charge is 0.444 e. The van der Waals surface area contributed by atoms with Gasteiger partial charge in [-0.25, -0.2) is 28.2 Å². The van der Waals surface area contributed by atoms with E-state index in [0.29, 0.717) is 64.8 Å². The predicted molar refractivity (Wildman–Crippen MR) is 191 cm³/mol. The van der Waals surface area contributed by atoms with Crippen molar-refractivity contribution in [3.8, 4) is 22.9 Å². The highest BCUT2D eigenvalue weighted by molar-refractivity contribution is 7.92. The molecule has 1 amide bonds. The third-order valence-corrected chi connectivity index (χ3v) is 9.66. The zero-order chi connectivity index (χ0) is 34.6. The Morgan fingerprint density at radius 3 is 2.60 bits per heavy atom. The van der Waals surface area contributed by atoms with E-state index < -0.39 is 15.6 Å². The molecule has 0 aliphatic carbocycles. The van der Waals surface area contributed by atoms with Crippen LogP contribution in [0.4, 0.5) is 16.4 Å². The fraction of sp³-hybridized carbons (Fsp3) is 0.429. The SMILES string of the molecule is CCCS(=O)(=O)Nc1c(Cl)ccc2c(Oc3ncc(CC)cc3-c3ccnc(N[C@H]4CCCN(C(=O)OC(C)(C)C)C4)n3)c(C)ccc12. The van der Waals surface area contributed by atoms with E-state index in [4.69, 9.17) is 31.0 Å². The molecule has 0 bridgehead atoms. The molecule has 2 aromatic carbocycles. The zero-order valence-electron chi connectivity index (χ0n) is 28.3. The van der Waals surface area contributed by atoms with Gasteiger partial charge in [-0.1, -0.05) is 37.6 Å². The first-order valence-corrected chi connectivity index (χ1v) is 18.3. The maximum Gasteiger partial charge on any atom is 0.410 e. The summed E-state index contributed by atoms with van der Waals surface area (Å²) in [6.07, 6.45) is 6.04. The van der Waals surface area contributed by atoms with Gasteiger partial charge in [-0.2, -0.15) is 0 Å². The predicted octanol–water partition coefficient (Wildman–Crippen LogP) is 7.97. The van der Waals surface area contributed by atoms with Gasteiger partial charge in [-0.05, 0) is 88.8 Å². The molecule has 2 N–H and O–H groups in total. The number of nitrogens with one attached hydrogen (secondary N) is 2. The molecular formula is C35H43ClN6O5S. The fourth-order valence-corrected chi connectivity index (χ4v) is 7.01. The van der Waals surface area contributed by atoms with Gasteiger partial charge < -0.3 is 19.7 Å². The molecule has 0 unspecified atom stereocenters. The van der Waals surface area contributed by atoms with Gasteiger partial charge in [-0.3, -0.25) is 4.72 Å². The van der Waals surface area contributed by atoms with E-state index in [-0.39, 0.29) is 22.9 Å². The molecule has 3 heterocycles. The molecule has 256 valence electrons. The lowest BCUT2D eigenvalue weighted by atomic mass is 10.0. The number of nitrogens with zero attached hydrogens (tertiary/aromatic N) is 4. The first kappa shape index (κ1) is 35.2. The van der Waals surface area contributed by atoms with E-state index in [1.807, 2.05) is 58.9 Å². The zero-order valence-corrected chi connectivity index (χ0v) is 29.8. The minimum absolute atomic E-state index is 0.0233. The van der Waals surface area contributed by atoms with Crippen LogP contribution in [-0.4, -0.2) is 64.8 Å². The van der Waals surface area contributed by atoms with Crippen LogP contribution in [0.5, 0.6) is 11.6 Å². The lowest BCUT2D eigenvalue weighted by Crippen LogP contribution is -2.47. The Balaban J connectivity index is 1.46. The summed E-state index contributed by atoms with van der Waals surface area (Å²) in [5, 5.41) is 4.98. The van der Waals surface area contributed by atoms with Gasteiger partial charge in [-0.15, -0.1) is 0 Å². The highest BCUT2D eigenvalue weighted by Crippen LogP contribution is 2.41. The van der Waals surface area contributed by atoms with Gasteiger partial charge in [0.2, 0.25) is 21.9 Å². The number of rotatable bonds is 10. The van der Waals surface area contributed by atoms with Crippen molar-refractivity contribution < 1.29 is 22.7 Å². The Bertz CT molecular complexity index is 1910. The topological polar surface area (TPSA) is 136 Å². The minimum atomic E-state index is -3.59. The van der Waals surface area contributed by atoms with Crippen molar-refractivity contribution in [1.29, 1.82) is 0 Å². The summed E-state index contributed by atoms with van der Waals surface area (Å²) in [5.41, 5.74) is 2.85. The Morgan fingerprint density at radius 2 is 1.88 bits per heavy atom. The van der Waals surface area contributed by atoms with Crippen molar-refractivity contribution in [2.75, 3.05) is 28.9 Å². The third-order valence-electron chi connectivity index (χ3n) is 7.88. The number of carbonyl (C=O) groups is 1. The Hall–Kier alpha value is -4.16. The lowest BCUT2D eigenvalue weighted by Gasteiger charge is -2.34. The number of halogens is 1. The van der Waals surface area contributed by atoms with E-state index in [2.05, 4.69) is 15.0 Å². The summed E-state index contributed by atoms with van der Waals surface area (Å²) in [5.74, 6) is 1.26. The quantitative estimate of drug-likeness (QED) is 0.169. The molecule has 13 heteroatoms. The van der Waals surface area contributed by atoms with Crippen molar-refractivity contribution in [3.05, 3.63) is 64.9 Å². The second-order valence-corrected chi connectivity index (χ2v) is 15.2. The van der Waals surface area contributed by atoms with E-state index in [1.54, 1.807) is 36.4 Å². The number of amides is 1. The molecule has 1 saturated heterocycles. The van der Waals surface area contributed by atoms with Gasteiger partial charge in [0.1, 0.15) is 11.4 Å². The molecule has 4 aromatic rings. The van der Waals surface area contributed by atoms with Crippen LogP contribution in [0.2, 0.25) is 5.02 Å². The molecule has 1 atom stereocenters. The third kappa shape index (κ3) is 8.46. The van der Waals surface area contributed by atoms with Gasteiger partial charge in [0.15, 0.2) is 0 Å². The van der Waals surface area contributed by atoms with Crippen LogP contribution >= 0.6 is 11.6 Å². The Morgan fingerprint density at radius 1 is 1.10 bits per heavy atom. The second kappa shape index (κ2) is 14.5. The smallest absolute Gasteiger partial charge is 0.410 e. The monoisotopic (exact) mass is 694 g/mol. The molecule has 0 saturated carbocycles. The highest BCUT2D eigenvalue weighted by atomic mass is 35.5. The van der Waals surface area contributed by atoms with Gasteiger partial charge in [0.05, 0.1) is 27.7 Å². The molecule has 2 aromatic heterocycles. The molecule has 1 aliphatic heterocycles. The number of ether oxygens (including phenoxy) is 2. The first-order chi connectivity index (χ1) is 22.8. The fourth-order valence-electron chi connectivity index (χ4n) is 5.57. The minimum Gasteiger partial charge on any atom is -0.444 e. The normalized spacial score (nSPS) is 15.3. The summed E-state index contributed by atoms with van der Waals surface area (Å²) in [6, 6.07) is 10.9. The lowest BCUT2D eigenvalue weighted by molar-refractivity contribution is 0.0206. The first-order valence-electron chi connectivity index (χ1n) is 16.2. The number of fused-ring (bicyclic) bond motifs is 1. The summed E-state index contributed by atoms with van der Waals surface area (Å²) in [7, 11) is -3.59. The average molecular weight is 695 g/mol. The van der Waals surface area contributed by atoms with Crippen LogP contribution < -0.4 is 14.8 Å². The molecule has 11 nitrogen and oxygen atoms in total. The van der Waals surface area contributed by atoms with Gasteiger partial charge >= 0.3 is 6.09 Å². The van der Waals surface area contributed by atoms with Crippen molar-refractivity contribution in [1.82, 2.24) is 19.9 Å². The maximum absolute atomic E-state index is 12.7. The number of likely N-dealkylation sites (tertiary alicyclic amines) is 1. The van der Waals surface area contributed by atoms with E-state index in [9.17, 15) is 13.2 Å². The molecule has 48 heavy (non-hydrogen) atoms. The van der Waals surface area contributed by atoms with Crippen molar-refractivity contribution in [2.45, 2.75) is 78.9 Å². The number of sulfonamides is 1. The molecule has 0 radical (unpaired) electrons. The van der Waals surface area contributed by atoms with Crippen LogP contribution in [0, 0.1) is 6.92 Å². The average Bonchev–Trinajstić information content (AvgIpc) is 3.03.